The highest BCUT2D eigenvalue weighted by Crippen LogP contribution is 2.09. The van der Waals surface area contributed by atoms with E-state index >= 15 is 0 Å². The molecule has 0 aliphatic rings. The zero-order chi connectivity index (χ0) is 12.0. The van der Waals surface area contributed by atoms with Crippen LogP contribution in [-0.4, -0.2) is 23.6 Å². The van der Waals surface area contributed by atoms with Gasteiger partial charge >= 0.3 is 0 Å². The van der Waals surface area contributed by atoms with Gasteiger partial charge < -0.3 is 16.2 Å². The highest BCUT2D eigenvalue weighted by atomic mass is 16.3. The standard InChI is InChI=1S/C12H18N2O2/c1-9(13)6-7-14-12(16)8-10-2-4-11(15)5-3-10/h2-5,9,15H,6-8,13H2,1H3,(H,14,16). The Balaban J connectivity index is 2.31. The second-order valence-electron chi connectivity index (χ2n) is 3.96. The first-order valence-corrected chi connectivity index (χ1v) is 5.38. The molecule has 4 heteroatoms. The summed E-state index contributed by atoms with van der Waals surface area (Å²) in [6, 6.07) is 6.73. The lowest BCUT2D eigenvalue weighted by Gasteiger charge is -2.07. The van der Waals surface area contributed by atoms with Crippen LogP contribution in [0.4, 0.5) is 0 Å². The lowest BCUT2D eigenvalue weighted by atomic mass is 10.1. The largest absolute Gasteiger partial charge is 0.508 e. The van der Waals surface area contributed by atoms with Gasteiger partial charge in [-0.05, 0) is 31.0 Å². The van der Waals surface area contributed by atoms with Gasteiger partial charge in [0.1, 0.15) is 5.75 Å². The van der Waals surface area contributed by atoms with E-state index in [1.807, 2.05) is 6.92 Å². The van der Waals surface area contributed by atoms with Crippen LogP contribution in [0.1, 0.15) is 18.9 Å². The summed E-state index contributed by atoms with van der Waals surface area (Å²) in [5, 5.41) is 11.9. The Labute approximate surface area is 95.5 Å². The fourth-order valence-corrected chi connectivity index (χ4v) is 1.30. The molecule has 0 fully saturated rings. The number of rotatable bonds is 5. The average Bonchev–Trinajstić information content (AvgIpc) is 2.21. The van der Waals surface area contributed by atoms with Crippen molar-refractivity contribution in [2.75, 3.05) is 6.54 Å². The molecule has 1 aromatic carbocycles. The lowest BCUT2D eigenvalue weighted by molar-refractivity contribution is -0.120. The molecule has 0 aliphatic carbocycles. The van der Waals surface area contributed by atoms with E-state index in [2.05, 4.69) is 5.32 Å². The van der Waals surface area contributed by atoms with Crippen LogP contribution in [0.25, 0.3) is 0 Å². The molecule has 1 atom stereocenters. The molecule has 0 bridgehead atoms. The normalized spacial score (nSPS) is 12.1. The van der Waals surface area contributed by atoms with Gasteiger partial charge in [0, 0.05) is 12.6 Å². The topological polar surface area (TPSA) is 75.3 Å². The molecule has 0 saturated heterocycles. The second kappa shape index (κ2) is 6.12. The van der Waals surface area contributed by atoms with Gasteiger partial charge in [-0.3, -0.25) is 4.79 Å². The molecule has 0 spiro atoms. The van der Waals surface area contributed by atoms with Gasteiger partial charge in [0.25, 0.3) is 0 Å². The molecule has 4 nitrogen and oxygen atoms in total. The second-order valence-corrected chi connectivity index (χ2v) is 3.96. The first kappa shape index (κ1) is 12.5. The van der Waals surface area contributed by atoms with Gasteiger partial charge in [0.05, 0.1) is 6.42 Å². The SMILES string of the molecule is CC(N)CCNC(=O)Cc1ccc(O)cc1. The Kier molecular flexibility index (Phi) is 4.79. The molecule has 1 unspecified atom stereocenters. The summed E-state index contributed by atoms with van der Waals surface area (Å²) in [7, 11) is 0. The smallest absolute Gasteiger partial charge is 0.224 e. The van der Waals surface area contributed by atoms with Gasteiger partial charge in [-0.2, -0.15) is 0 Å². The number of phenolic OH excluding ortho intramolecular Hbond substituents is 1. The van der Waals surface area contributed by atoms with E-state index in [0.717, 1.165) is 12.0 Å². The van der Waals surface area contributed by atoms with Crippen LogP contribution in [0.3, 0.4) is 0 Å². The van der Waals surface area contributed by atoms with E-state index in [1.54, 1.807) is 24.3 Å². The highest BCUT2D eigenvalue weighted by molar-refractivity contribution is 5.78. The number of nitrogens with one attached hydrogen (secondary N) is 1. The minimum atomic E-state index is -0.0219. The van der Waals surface area contributed by atoms with Crippen LogP contribution < -0.4 is 11.1 Å². The molecule has 1 aromatic rings. The van der Waals surface area contributed by atoms with Crippen molar-refractivity contribution < 1.29 is 9.90 Å². The minimum Gasteiger partial charge on any atom is -0.508 e. The van der Waals surface area contributed by atoms with Crippen LogP contribution in [-0.2, 0) is 11.2 Å². The van der Waals surface area contributed by atoms with Gasteiger partial charge in [0.2, 0.25) is 5.91 Å². The summed E-state index contributed by atoms with van der Waals surface area (Å²) in [5.74, 6) is 0.187. The quantitative estimate of drug-likeness (QED) is 0.689. The van der Waals surface area contributed by atoms with E-state index in [9.17, 15) is 4.79 Å². The summed E-state index contributed by atoms with van der Waals surface area (Å²) in [6.07, 6.45) is 1.11. The summed E-state index contributed by atoms with van der Waals surface area (Å²) >= 11 is 0. The van der Waals surface area contributed by atoms with E-state index in [0.29, 0.717) is 13.0 Å². The molecular weight excluding hydrogens is 204 g/mol. The van der Waals surface area contributed by atoms with Gasteiger partial charge in [-0.25, -0.2) is 0 Å². The molecule has 16 heavy (non-hydrogen) atoms. The number of amides is 1. The molecule has 0 heterocycles. The van der Waals surface area contributed by atoms with Crippen molar-refractivity contribution in [3.05, 3.63) is 29.8 Å². The third-order valence-corrected chi connectivity index (χ3v) is 2.22. The van der Waals surface area contributed by atoms with Crippen LogP contribution >= 0.6 is 0 Å². The third-order valence-electron chi connectivity index (χ3n) is 2.22. The molecule has 0 radical (unpaired) electrons. The summed E-state index contributed by atoms with van der Waals surface area (Å²) < 4.78 is 0. The average molecular weight is 222 g/mol. The monoisotopic (exact) mass is 222 g/mol. The summed E-state index contributed by atoms with van der Waals surface area (Å²) in [6.45, 7) is 2.51. The zero-order valence-electron chi connectivity index (χ0n) is 9.44. The molecule has 4 N–H and O–H groups in total. The van der Waals surface area contributed by atoms with E-state index in [4.69, 9.17) is 10.8 Å². The Morgan fingerprint density at radius 3 is 2.62 bits per heavy atom. The van der Waals surface area contributed by atoms with Gasteiger partial charge in [0.15, 0.2) is 0 Å². The number of carbonyl (C=O) groups is 1. The minimum absolute atomic E-state index is 0.0219. The van der Waals surface area contributed by atoms with Crippen molar-refractivity contribution in [1.29, 1.82) is 0 Å². The Morgan fingerprint density at radius 2 is 2.06 bits per heavy atom. The first-order valence-electron chi connectivity index (χ1n) is 5.38. The van der Waals surface area contributed by atoms with Crippen LogP contribution in [0.5, 0.6) is 5.75 Å². The van der Waals surface area contributed by atoms with Crippen LogP contribution in [0, 0.1) is 0 Å². The molecule has 1 amide bonds. The number of benzene rings is 1. The fraction of sp³-hybridized carbons (Fsp3) is 0.417. The van der Waals surface area contributed by atoms with Crippen molar-refractivity contribution in [3.8, 4) is 5.75 Å². The number of hydrogen-bond donors (Lipinski definition) is 3. The predicted molar refractivity (Wildman–Crippen MR) is 63.1 cm³/mol. The number of nitrogens with two attached hydrogens (primary N) is 1. The predicted octanol–water partition coefficient (Wildman–Crippen LogP) is 0.788. The lowest BCUT2D eigenvalue weighted by Crippen LogP contribution is -2.29. The maximum Gasteiger partial charge on any atom is 0.224 e. The highest BCUT2D eigenvalue weighted by Gasteiger charge is 2.03. The third kappa shape index (κ3) is 4.79. The van der Waals surface area contributed by atoms with Gasteiger partial charge in [-0.1, -0.05) is 12.1 Å². The molecule has 1 rings (SSSR count). The Morgan fingerprint density at radius 1 is 1.44 bits per heavy atom. The van der Waals surface area contributed by atoms with Crippen LogP contribution in [0.15, 0.2) is 24.3 Å². The number of carbonyl (C=O) groups excluding carboxylic acids is 1. The fourth-order valence-electron chi connectivity index (χ4n) is 1.30. The van der Waals surface area contributed by atoms with E-state index < -0.39 is 0 Å². The molecule has 0 aliphatic heterocycles. The number of aromatic hydroxyl groups is 1. The van der Waals surface area contributed by atoms with E-state index in [-0.39, 0.29) is 17.7 Å². The van der Waals surface area contributed by atoms with E-state index in [1.165, 1.54) is 0 Å². The van der Waals surface area contributed by atoms with Crippen molar-refractivity contribution >= 4 is 5.91 Å². The van der Waals surface area contributed by atoms with Crippen LogP contribution in [0.2, 0.25) is 0 Å². The maximum absolute atomic E-state index is 11.5. The van der Waals surface area contributed by atoms with Crippen molar-refractivity contribution in [2.24, 2.45) is 5.73 Å². The maximum atomic E-state index is 11.5. The molecule has 0 aromatic heterocycles. The summed E-state index contributed by atoms with van der Waals surface area (Å²) in [4.78, 5) is 11.5. The van der Waals surface area contributed by atoms with Crippen molar-refractivity contribution in [3.63, 3.8) is 0 Å². The molecule has 88 valence electrons. The molecule has 0 saturated carbocycles. The molecular formula is C12H18N2O2. The Bertz CT molecular complexity index is 333. The Hall–Kier alpha value is -1.55. The van der Waals surface area contributed by atoms with Gasteiger partial charge in [-0.15, -0.1) is 0 Å². The number of phenols is 1. The summed E-state index contributed by atoms with van der Waals surface area (Å²) in [5.41, 5.74) is 6.45. The van der Waals surface area contributed by atoms with Crippen molar-refractivity contribution in [1.82, 2.24) is 5.32 Å². The first-order chi connectivity index (χ1) is 7.58. The van der Waals surface area contributed by atoms with Crippen molar-refractivity contribution in [2.45, 2.75) is 25.8 Å². The number of hydrogen-bond acceptors (Lipinski definition) is 3. The zero-order valence-corrected chi connectivity index (χ0v) is 9.44.